The van der Waals surface area contributed by atoms with E-state index in [1.807, 2.05) is 43.3 Å². The van der Waals surface area contributed by atoms with Crippen LogP contribution >= 0.6 is 0 Å². The number of furan rings is 1. The molecule has 0 spiro atoms. The molecular weight excluding hydrogens is 458 g/mol. The molecule has 8 heteroatoms. The maximum absolute atomic E-state index is 13.3. The van der Waals surface area contributed by atoms with Crippen molar-refractivity contribution in [3.8, 4) is 5.75 Å². The van der Waals surface area contributed by atoms with Crippen molar-refractivity contribution in [1.29, 1.82) is 0 Å². The number of fused-ring (bicyclic) bond motifs is 1. The monoisotopic (exact) mass is 483 g/mol. The number of para-hydroxylation sites is 4. The number of ether oxygens (including phenoxy) is 1. The van der Waals surface area contributed by atoms with Gasteiger partial charge in [-0.25, -0.2) is 0 Å². The number of amides is 3. The van der Waals surface area contributed by atoms with Gasteiger partial charge in [0, 0.05) is 24.0 Å². The lowest BCUT2D eigenvalue weighted by molar-refractivity contribution is -0.122. The van der Waals surface area contributed by atoms with E-state index in [2.05, 4.69) is 10.6 Å². The highest BCUT2D eigenvalue weighted by Crippen LogP contribution is 2.34. The number of hydrogen-bond donors (Lipinski definition) is 2. The number of hydrogen-bond acceptors (Lipinski definition) is 5. The van der Waals surface area contributed by atoms with Crippen LogP contribution in [-0.2, 0) is 9.59 Å². The maximum Gasteiger partial charge on any atom is 0.293 e. The predicted molar refractivity (Wildman–Crippen MR) is 137 cm³/mol. The van der Waals surface area contributed by atoms with Crippen LogP contribution in [0.1, 0.15) is 23.9 Å². The second kappa shape index (κ2) is 9.95. The molecular formula is C28H25N3O5. The summed E-state index contributed by atoms with van der Waals surface area (Å²) in [5.74, 6) is -1.07. The molecule has 3 amide bonds. The Morgan fingerprint density at radius 1 is 0.972 bits per heavy atom. The molecule has 4 aromatic rings. The summed E-state index contributed by atoms with van der Waals surface area (Å²) in [5, 5.41) is 6.29. The minimum atomic E-state index is -0.569. The highest BCUT2D eigenvalue weighted by Gasteiger charge is 2.36. The predicted octanol–water partition coefficient (Wildman–Crippen LogP) is 5.08. The van der Waals surface area contributed by atoms with Crippen molar-refractivity contribution >= 4 is 45.8 Å². The van der Waals surface area contributed by atoms with E-state index in [1.54, 1.807) is 47.4 Å². The Morgan fingerprint density at radius 2 is 1.69 bits per heavy atom. The zero-order chi connectivity index (χ0) is 25.1. The first-order valence-electron chi connectivity index (χ1n) is 11.8. The number of carbonyl (C=O) groups is 3. The summed E-state index contributed by atoms with van der Waals surface area (Å²) in [7, 11) is 0. The van der Waals surface area contributed by atoms with Gasteiger partial charge in [0.15, 0.2) is 0 Å². The van der Waals surface area contributed by atoms with Gasteiger partial charge >= 0.3 is 0 Å². The van der Waals surface area contributed by atoms with E-state index in [0.29, 0.717) is 29.0 Å². The van der Waals surface area contributed by atoms with Gasteiger partial charge in [-0.05, 0) is 43.3 Å². The van der Waals surface area contributed by atoms with Crippen molar-refractivity contribution in [3.63, 3.8) is 0 Å². The van der Waals surface area contributed by atoms with Crippen LogP contribution in [0.3, 0.4) is 0 Å². The Kier molecular flexibility index (Phi) is 6.40. The third-order valence-electron chi connectivity index (χ3n) is 6.05. The largest absolute Gasteiger partial charge is 0.492 e. The Morgan fingerprint density at radius 3 is 2.50 bits per heavy atom. The molecule has 182 valence electrons. The Bertz CT molecular complexity index is 1430. The molecule has 0 bridgehead atoms. The Hall–Kier alpha value is -4.59. The summed E-state index contributed by atoms with van der Waals surface area (Å²) < 4.78 is 11.5. The van der Waals surface area contributed by atoms with E-state index in [1.165, 1.54) is 0 Å². The normalized spacial score (nSPS) is 15.2. The van der Waals surface area contributed by atoms with Crippen LogP contribution in [0.25, 0.3) is 11.0 Å². The van der Waals surface area contributed by atoms with E-state index < -0.39 is 11.8 Å². The summed E-state index contributed by atoms with van der Waals surface area (Å²) in [6.45, 7) is 2.56. The SMILES string of the molecule is CCOc1ccccc1NC(=O)c1oc2ccccc2c1NC(=O)[C@@H]1CC(=O)N(c2ccccc2)C1. The molecule has 8 nitrogen and oxygen atoms in total. The number of anilines is 3. The molecule has 1 fully saturated rings. The molecule has 0 radical (unpaired) electrons. The lowest BCUT2D eigenvalue weighted by Crippen LogP contribution is -2.28. The molecule has 1 saturated heterocycles. The number of benzene rings is 3. The van der Waals surface area contributed by atoms with Crippen molar-refractivity contribution in [2.24, 2.45) is 5.92 Å². The van der Waals surface area contributed by atoms with Gasteiger partial charge in [-0.2, -0.15) is 0 Å². The molecule has 0 unspecified atom stereocenters. The fourth-order valence-corrected chi connectivity index (χ4v) is 4.33. The number of nitrogens with zero attached hydrogens (tertiary/aromatic N) is 1. The molecule has 2 heterocycles. The third kappa shape index (κ3) is 4.53. The van der Waals surface area contributed by atoms with Gasteiger partial charge in [0.1, 0.15) is 17.0 Å². The maximum atomic E-state index is 13.3. The number of nitrogens with one attached hydrogen (secondary N) is 2. The van der Waals surface area contributed by atoms with Gasteiger partial charge in [0.25, 0.3) is 5.91 Å². The average Bonchev–Trinajstić information content (AvgIpc) is 3.47. The van der Waals surface area contributed by atoms with Gasteiger partial charge in [0.2, 0.25) is 17.6 Å². The summed E-state index contributed by atoms with van der Waals surface area (Å²) in [6.07, 6.45) is 0.0831. The van der Waals surface area contributed by atoms with Gasteiger partial charge < -0.3 is 24.7 Å². The van der Waals surface area contributed by atoms with Gasteiger partial charge in [-0.15, -0.1) is 0 Å². The highest BCUT2D eigenvalue weighted by molar-refractivity contribution is 6.15. The van der Waals surface area contributed by atoms with E-state index in [4.69, 9.17) is 9.15 Å². The molecule has 1 aliphatic rings. The number of carbonyl (C=O) groups excluding carboxylic acids is 3. The first kappa shape index (κ1) is 23.2. The van der Waals surface area contributed by atoms with Gasteiger partial charge in [-0.1, -0.05) is 42.5 Å². The zero-order valence-electron chi connectivity index (χ0n) is 19.7. The summed E-state index contributed by atoms with van der Waals surface area (Å²) in [6, 6.07) is 23.4. The molecule has 1 aromatic heterocycles. The zero-order valence-corrected chi connectivity index (χ0v) is 19.7. The molecule has 1 aliphatic heterocycles. The van der Waals surface area contributed by atoms with Crippen LogP contribution in [0, 0.1) is 5.92 Å². The van der Waals surface area contributed by atoms with Crippen LogP contribution in [0.4, 0.5) is 17.1 Å². The standard InChI is InChI=1S/C28H25N3O5/c1-2-35-23-15-9-7-13-21(23)29-28(34)26-25(20-12-6-8-14-22(20)36-26)30-27(33)18-16-24(32)31(17-18)19-10-4-3-5-11-19/h3-15,18H,2,16-17H2,1H3,(H,29,34)(H,30,33)/t18-/m1/s1. The molecule has 1 atom stereocenters. The third-order valence-corrected chi connectivity index (χ3v) is 6.05. The average molecular weight is 484 g/mol. The smallest absolute Gasteiger partial charge is 0.293 e. The Balaban J connectivity index is 1.40. The lowest BCUT2D eigenvalue weighted by atomic mass is 10.1. The fourth-order valence-electron chi connectivity index (χ4n) is 4.33. The summed E-state index contributed by atoms with van der Waals surface area (Å²) in [5.41, 5.74) is 1.97. The second-order valence-electron chi connectivity index (χ2n) is 8.42. The second-order valence-corrected chi connectivity index (χ2v) is 8.42. The summed E-state index contributed by atoms with van der Waals surface area (Å²) >= 11 is 0. The fraction of sp³-hybridized carbons (Fsp3) is 0.179. The molecule has 2 N–H and O–H groups in total. The summed E-state index contributed by atoms with van der Waals surface area (Å²) in [4.78, 5) is 40.8. The van der Waals surface area contributed by atoms with Crippen molar-refractivity contribution < 1.29 is 23.5 Å². The molecule has 36 heavy (non-hydrogen) atoms. The van der Waals surface area contributed by atoms with Gasteiger partial charge in [-0.3, -0.25) is 14.4 Å². The number of rotatable bonds is 7. The first-order chi connectivity index (χ1) is 17.5. The van der Waals surface area contributed by atoms with Crippen molar-refractivity contribution in [1.82, 2.24) is 0 Å². The van der Waals surface area contributed by atoms with Crippen molar-refractivity contribution in [2.45, 2.75) is 13.3 Å². The van der Waals surface area contributed by atoms with Gasteiger partial charge in [0.05, 0.1) is 18.2 Å². The quantitative estimate of drug-likeness (QED) is 0.382. The van der Waals surface area contributed by atoms with E-state index in [-0.39, 0.29) is 36.2 Å². The molecule has 0 aliphatic carbocycles. The minimum Gasteiger partial charge on any atom is -0.492 e. The van der Waals surface area contributed by atoms with Crippen LogP contribution in [0.15, 0.2) is 83.3 Å². The Labute approximate surface area is 207 Å². The topological polar surface area (TPSA) is 101 Å². The van der Waals surface area contributed by atoms with Crippen LogP contribution in [0.2, 0.25) is 0 Å². The van der Waals surface area contributed by atoms with Crippen LogP contribution in [-0.4, -0.2) is 30.9 Å². The first-order valence-corrected chi connectivity index (χ1v) is 11.8. The van der Waals surface area contributed by atoms with Crippen LogP contribution < -0.4 is 20.3 Å². The minimum absolute atomic E-state index is 0.0277. The highest BCUT2D eigenvalue weighted by atomic mass is 16.5. The van der Waals surface area contributed by atoms with Crippen molar-refractivity contribution in [3.05, 3.63) is 84.6 Å². The molecule has 0 saturated carbocycles. The van der Waals surface area contributed by atoms with Crippen molar-refractivity contribution in [2.75, 3.05) is 28.7 Å². The van der Waals surface area contributed by atoms with E-state index in [9.17, 15) is 14.4 Å². The lowest BCUT2D eigenvalue weighted by Gasteiger charge is -2.16. The van der Waals surface area contributed by atoms with E-state index >= 15 is 0 Å². The molecule has 5 rings (SSSR count). The van der Waals surface area contributed by atoms with E-state index in [0.717, 1.165) is 5.69 Å². The van der Waals surface area contributed by atoms with Crippen LogP contribution in [0.5, 0.6) is 5.75 Å². The molecule has 3 aromatic carbocycles.